The fourth-order valence-electron chi connectivity index (χ4n) is 4.23. The number of unbranched alkanes of at least 4 members (excludes halogenated alkanes) is 15. The molecule has 256 valence electrons. The minimum atomic E-state index is -0.670. The van der Waals surface area contributed by atoms with E-state index in [9.17, 15) is 9.59 Å². The molecular formula is C36H76O6. The van der Waals surface area contributed by atoms with Gasteiger partial charge in [-0.2, -0.15) is 0 Å². The van der Waals surface area contributed by atoms with Gasteiger partial charge in [-0.3, -0.25) is 9.59 Å². The summed E-state index contributed by atoms with van der Waals surface area (Å²) >= 11 is 0. The first kappa shape index (κ1) is 47.8. The van der Waals surface area contributed by atoms with Crippen LogP contribution < -0.4 is 0 Å². The highest BCUT2D eigenvalue weighted by Crippen LogP contribution is 2.11. The third-order valence-electron chi connectivity index (χ3n) is 7.23. The summed E-state index contributed by atoms with van der Waals surface area (Å²) in [4.78, 5) is 20.2. The zero-order valence-corrected chi connectivity index (χ0v) is 29.1. The molecule has 0 aliphatic heterocycles. The molecule has 0 heterocycles. The van der Waals surface area contributed by atoms with Crippen LogP contribution in [0.15, 0.2) is 0 Å². The minimum Gasteiger partial charge on any atom is -0.481 e. The largest absolute Gasteiger partial charge is 0.481 e. The summed E-state index contributed by atoms with van der Waals surface area (Å²) < 4.78 is 0. The lowest BCUT2D eigenvalue weighted by Crippen LogP contribution is -2.03. The van der Waals surface area contributed by atoms with Crippen molar-refractivity contribution in [2.24, 2.45) is 11.8 Å². The SMILES string of the molecule is CC(C)CCCCCCCO.CCCCC(CC)CO.CCCCCCCC(=O)O.CCCCCCCCCC(=O)O. The Labute approximate surface area is 262 Å². The normalized spacial score (nSPS) is 11.0. The van der Waals surface area contributed by atoms with Crippen LogP contribution in [0.1, 0.15) is 196 Å². The van der Waals surface area contributed by atoms with Crippen LogP contribution in [0.3, 0.4) is 0 Å². The van der Waals surface area contributed by atoms with Crippen LogP contribution in [0.5, 0.6) is 0 Å². The third-order valence-corrected chi connectivity index (χ3v) is 7.23. The van der Waals surface area contributed by atoms with E-state index >= 15 is 0 Å². The fraction of sp³-hybridized carbons (Fsp3) is 0.944. The van der Waals surface area contributed by atoms with E-state index in [1.807, 2.05) is 0 Å². The molecule has 6 nitrogen and oxygen atoms in total. The van der Waals surface area contributed by atoms with Gasteiger partial charge in [0.25, 0.3) is 0 Å². The van der Waals surface area contributed by atoms with Gasteiger partial charge in [-0.15, -0.1) is 0 Å². The summed E-state index contributed by atoms with van der Waals surface area (Å²) in [5, 5.41) is 33.9. The Balaban J connectivity index is -0.000000230. The zero-order valence-electron chi connectivity index (χ0n) is 29.1. The maximum atomic E-state index is 10.1. The van der Waals surface area contributed by atoms with E-state index in [0.29, 0.717) is 32.0 Å². The second kappa shape index (κ2) is 44.3. The van der Waals surface area contributed by atoms with Gasteiger partial charge in [0.15, 0.2) is 0 Å². The van der Waals surface area contributed by atoms with Crippen molar-refractivity contribution in [1.29, 1.82) is 0 Å². The summed E-state index contributed by atoms with van der Waals surface area (Å²) in [6, 6.07) is 0. The van der Waals surface area contributed by atoms with Crippen molar-refractivity contribution in [1.82, 2.24) is 0 Å². The van der Waals surface area contributed by atoms with E-state index in [0.717, 1.165) is 44.4 Å². The van der Waals surface area contributed by atoms with E-state index in [4.69, 9.17) is 20.4 Å². The van der Waals surface area contributed by atoms with Crippen molar-refractivity contribution in [3.05, 3.63) is 0 Å². The molecule has 6 heteroatoms. The van der Waals surface area contributed by atoms with Crippen molar-refractivity contribution < 1.29 is 30.0 Å². The number of carboxylic acid groups (broad SMARTS) is 2. The average Bonchev–Trinajstić information content (AvgIpc) is 2.95. The molecule has 0 radical (unpaired) electrons. The second-order valence-electron chi connectivity index (χ2n) is 12.1. The maximum Gasteiger partial charge on any atom is 0.303 e. The number of hydrogen-bond acceptors (Lipinski definition) is 4. The van der Waals surface area contributed by atoms with Crippen molar-refractivity contribution in [2.45, 2.75) is 196 Å². The molecule has 1 unspecified atom stereocenters. The topological polar surface area (TPSA) is 115 Å². The van der Waals surface area contributed by atoms with Crippen molar-refractivity contribution in [3.8, 4) is 0 Å². The number of aliphatic hydroxyl groups excluding tert-OH is 2. The summed E-state index contributed by atoms with van der Waals surface area (Å²) in [6.07, 6.45) is 26.9. The third kappa shape index (κ3) is 58.5. The highest BCUT2D eigenvalue weighted by Gasteiger charge is 2.01. The second-order valence-corrected chi connectivity index (χ2v) is 12.1. The zero-order chi connectivity index (χ0) is 32.7. The van der Waals surface area contributed by atoms with Crippen LogP contribution in [0.25, 0.3) is 0 Å². The molecule has 0 aromatic carbocycles. The van der Waals surface area contributed by atoms with Crippen LogP contribution in [0.4, 0.5) is 0 Å². The Hall–Kier alpha value is -1.14. The standard InChI is InChI=1S/C10H20O2.C10H22O.C8H16O2.C8H18O/c1-2-3-4-5-6-7-8-9-10(11)12;1-10(2)8-6-4-3-5-7-9-11;1-2-3-4-5-6-7-8(9)10;1-3-5-6-8(4-2)7-9/h2-9H2,1H3,(H,11,12);10-11H,3-9H2,1-2H3;2-7H2,1H3,(H,9,10);8-9H,3-7H2,1-2H3. The van der Waals surface area contributed by atoms with Crippen LogP contribution in [0.2, 0.25) is 0 Å². The van der Waals surface area contributed by atoms with Gasteiger partial charge in [-0.05, 0) is 37.5 Å². The smallest absolute Gasteiger partial charge is 0.303 e. The number of hydrogen-bond donors (Lipinski definition) is 4. The van der Waals surface area contributed by atoms with E-state index in [2.05, 4.69) is 41.5 Å². The summed E-state index contributed by atoms with van der Waals surface area (Å²) in [6.45, 7) is 13.9. The first-order valence-corrected chi connectivity index (χ1v) is 17.8. The van der Waals surface area contributed by atoms with E-state index < -0.39 is 11.9 Å². The molecule has 0 spiro atoms. The molecule has 0 saturated carbocycles. The van der Waals surface area contributed by atoms with Gasteiger partial charge in [0.05, 0.1) is 0 Å². The summed E-state index contributed by atoms with van der Waals surface area (Å²) in [5.74, 6) is 0.0813. The van der Waals surface area contributed by atoms with Crippen molar-refractivity contribution in [3.63, 3.8) is 0 Å². The first-order chi connectivity index (χ1) is 20.2. The average molecular weight is 605 g/mol. The van der Waals surface area contributed by atoms with Gasteiger partial charge in [-0.25, -0.2) is 0 Å². The summed E-state index contributed by atoms with van der Waals surface area (Å²) in [7, 11) is 0. The number of aliphatic carboxylic acids is 2. The van der Waals surface area contributed by atoms with Gasteiger partial charge >= 0.3 is 11.9 Å². The molecule has 0 aromatic heterocycles. The molecule has 0 rings (SSSR count). The van der Waals surface area contributed by atoms with Crippen LogP contribution in [-0.2, 0) is 9.59 Å². The molecule has 1 atom stereocenters. The quantitative estimate of drug-likeness (QED) is 0.0730. The molecule has 0 aliphatic rings. The van der Waals surface area contributed by atoms with Crippen LogP contribution in [0, 0.1) is 11.8 Å². The minimum absolute atomic E-state index is 0.337. The Morgan fingerprint density at radius 2 is 0.881 bits per heavy atom. The lowest BCUT2D eigenvalue weighted by Gasteiger charge is -2.08. The molecule has 0 fully saturated rings. The molecule has 0 aromatic rings. The Bertz CT molecular complexity index is 491. The van der Waals surface area contributed by atoms with Gasteiger partial charge in [0, 0.05) is 26.1 Å². The van der Waals surface area contributed by atoms with E-state index in [1.54, 1.807) is 0 Å². The van der Waals surface area contributed by atoms with Gasteiger partial charge in [0.2, 0.25) is 0 Å². The Kier molecular flexibility index (Phi) is 50.4. The van der Waals surface area contributed by atoms with Gasteiger partial charge < -0.3 is 20.4 Å². The predicted molar refractivity (Wildman–Crippen MR) is 181 cm³/mol. The fourth-order valence-corrected chi connectivity index (χ4v) is 4.23. The molecule has 42 heavy (non-hydrogen) atoms. The molecule has 0 saturated heterocycles. The van der Waals surface area contributed by atoms with Crippen LogP contribution >= 0.6 is 0 Å². The van der Waals surface area contributed by atoms with Gasteiger partial charge in [0.1, 0.15) is 0 Å². The van der Waals surface area contributed by atoms with Gasteiger partial charge in [-0.1, -0.05) is 157 Å². The lowest BCUT2D eigenvalue weighted by atomic mass is 10.0. The van der Waals surface area contributed by atoms with Crippen LogP contribution in [-0.4, -0.2) is 45.6 Å². The summed E-state index contributed by atoms with van der Waals surface area (Å²) in [5.41, 5.74) is 0. The molecule has 0 bridgehead atoms. The number of carbonyl (C=O) groups is 2. The monoisotopic (exact) mass is 605 g/mol. The molecular weight excluding hydrogens is 528 g/mol. The lowest BCUT2D eigenvalue weighted by molar-refractivity contribution is -0.138. The van der Waals surface area contributed by atoms with Crippen molar-refractivity contribution >= 4 is 11.9 Å². The molecule has 4 N–H and O–H groups in total. The highest BCUT2D eigenvalue weighted by atomic mass is 16.4. The predicted octanol–water partition coefficient (Wildman–Crippen LogP) is 10.8. The Morgan fingerprint density at radius 3 is 1.21 bits per heavy atom. The highest BCUT2D eigenvalue weighted by molar-refractivity contribution is 5.66. The molecule has 0 aliphatic carbocycles. The first-order valence-electron chi connectivity index (χ1n) is 17.8. The number of aliphatic hydroxyl groups is 2. The van der Waals surface area contributed by atoms with Crippen molar-refractivity contribution in [2.75, 3.05) is 13.2 Å². The number of carboxylic acids is 2. The van der Waals surface area contributed by atoms with E-state index in [1.165, 1.54) is 103 Å². The Morgan fingerprint density at radius 1 is 0.500 bits per heavy atom. The maximum absolute atomic E-state index is 10.1. The number of rotatable bonds is 26. The van der Waals surface area contributed by atoms with E-state index in [-0.39, 0.29) is 0 Å². The molecule has 0 amide bonds.